The second-order valence-corrected chi connectivity index (χ2v) is 9.32. The Morgan fingerprint density at radius 2 is 1.88 bits per heavy atom. The van der Waals surface area contributed by atoms with Crippen molar-refractivity contribution in [2.24, 2.45) is 0 Å². The normalized spacial score (nSPS) is 10.9. The molecule has 3 aromatic rings. The molecule has 166 valence electrons. The Morgan fingerprint density at radius 1 is 1.12 bits per heavy atom. The number of hydrogen-bond donors (Lipinski definition) is 2. The standard InChI is InChI=1S/C20H17N3O7S2/c1-13-8-9-14(11-17(13)23(26)27)21-18(24)12-30-20(25)15-5-2-3-6-16(15)22-32(28,29)19-7-4-10-31-19/h2-11,22H,12H2,1H3,(H,21,24). The largest absolute Gasteiger partial charge is 0.452 e. The Bertz CT molecular complexity index is 1270. The lowest BCUT2D eigenvalue weighted by atomic mass is 10.2. The Morgan fingerprint density at radius 3 is 2.56 bits per heavy atom. The van der Waals surface area contributed by atoms with E-state index in [4.69, 9.17) is 4.74 Å². The number of esters is 1. The van der Waals surface area contributed by atoms with E-state index in [0.717, 1.165) is 11.3 Å². The molecule has 2 aromatic carbocycles. The Kier molecular flexibility index (Phi) is 6.85. The smallest absolute Gasteiger partial charge is 0.340 e. The first-order valence-electron chi connectivity index (χ1n) is 9.05. The minimum atomic E-state index is -3.89. The average molecular weight is 476 g/mol. The summed E-state index contributed by atoms with van der Waals surface area (Å²) in [6, 6.07) is 13.0. The number of carbonyl (C=O) groups excluding carboxylic acids is 2. The van der Waals surface area contributed by atoms with Crippen molar-refractivity contribution in [2.75, 3.05) is 16.6 Å². The Labute approximate surface area is 187 Å². The van der Waals surface area contributed by atoms with Crippen LogP contribution >= 0.6 is 11.3 Å². The third-order valence-corrected chi connectivity index (χ3v) is 6.94. The number of hydrogen-bond acceptors (Lipinski definition) is 8. The number of nitro groups is 1. The van der Waals surface area contributed by atoms with E-state index < -0.39 is 33.4 Å². The van der Waals surface area contributed by atoms with Gasteiger partial charge in [0.1, 0.15) is 4.21 Å². The molecule has 3 rings (SSSR count). The molecule has 2 N–H and O–H groups in total. The number of rotatable bonds is 8. The van der Waals surface area contributed by atoms with Crippen LogP contribution < -0.4 is 10.0 Å². The number of aryl methyl sites for hydroxylation is 1. The van der Waals surface area contributed by atoms with E-state index in [1.165, 1.54) is 42.5 Å². The number of nitrogens with zero attached hydrogens (tertiary/aromatic N) is 1. The fourth-order valence-electron chi connectivity index (χ4n) is 2.65. The molecule has 0 radical (unpaired) electrons. The Hall–Kier alpha value is -3.77. The fraction of sp³-hybridized carbons (Fsp3) is 0.100. The molecule has 12 heteroatoms. The van der Waals surface area contributed by atoms with Crippen LogP contribution in [0.25, 0.3) is 0 Å². The van der Waals surface area contributed by atoms with Crippen molar-refractivity contribution in [3.8, 4) is 0 Å². The molecular weight excluding hydrogens is 458 g/mol. The van der Waals surface area contributed by atoms with Crippen molar-refractivity contribution in [2.45, 2.75) is 11.1 Å². The number of nitrogens with one attached hydrogen (secondary N) is 2. The number of sulfonamides is 1. The van der Waals surface area contributed by atoms with Gasteiger partial charge in [-0.25, -0.2) is 13.2 Å². The van der Waals surface area contributed by atoms with Gasteiger partial charge in [-0.05, 0) is 36.6 Å². The highest BCUT2D eigenvalue weighted by atomic mass is 32.2. The van der Waals surface area contributed by atoms with Gasteiger partial charge in [0.2, 0.25) is 0 Å². The topological polar surface area (TPSA) is 145 Å². The summed E-state index contributed by atoms with van der Waals surface area (Å²) in [5, 5.41) is 15.0. The molecule has 32 heavy (non-hydrogen) atoms. The minimum Gasteiger partial charge on any atom is -0.452 e. The van der Waals surface area contributed by atoms with Crippen molar-refractivity contribution in [3.63, 3.8) is 0 Å². The van der Waals surface area contributed by atoms with Crippen LogP contribution in [0.15, 0.2) is 64.2 Å². The molecule has 0 aliphatic heterocycles. The molecule has 0 saturated carbocycles. The third kappa shape index (κ3) is 5.47. The number of anilines is 2. The van der Waals surface area contributed by atoms with E-state index >= 15 is 0 Å². The molecule has 1 heterocycles. The zero-order valence-electron chi connectivity index (χ0n) is 16.6. The first-order chi connectivity index (χ1) is 15.2. The van der Waals surface area contributed by atoms with Crippen LogP contribution in [-0.4, -0.2) is 31.8 Å². The van der Waals surface area contributed by atoms with E-state index in [2.05, 4.69) is 10.0 Å². The zero-order chi connectivity index (χ0) is 23.3. The number of carbonyl (C=O) groups is 2. The highest BCUT2D eigenvalue weighted by Gasteiger charge is 2.21. The molecule has 10 nitrogen and oxygen atoms in total. The summed E-state index contributed by atoms with van der Waals surface area (Å²) in [4.78, 5) is 35.0. The van der Waals surface area contributed by atoms with Gasteiger partial charge in [-0.2, -0.15) is 0 Å². The van der Waals surface area contributed by atoms with Crippen molar-refractivity contribution in [1.29, 1.82) is 0 Å². The van der Waals surface area contributed by atoms with E-state index in [9.17, 15) is 28.1 Å². The van der Waals surface area contributed by atoms with Gasteiger partial charge in [0.25, 0.3) is 21.6 Å². The molecule has 1 aromatic heterocycles. The van der Waals surface area contributed by atoms with Crippen LogP contribution in [0.5, 0.6) is 0 Å². The minimum absolute atomic E-state index is 0.000433. The van der Waals surface area contributed by atoms with Gasteiger partial charge in [0.05, 0.1) is 16.2 Å². The predicted octanol–water partition coefficient (Wildman–Crippen LogP) is 3.56. The van der Waals surface area contributed by atoms with E-state index in [0.29, 0.717) is 5.56 Å². The molecule has 0 aliphatic rings. The molecular formula is C20H17N3O7S2. The molecule has 0 unspecified atom stereocenters. The number of thiophene rings is 1. The van der Waals surface area contributed by atoms with Crippen LogP contribution in [0.1, 0.15) is 15.9 Å². The highest BCUT2D eigenvalue weighted by molar-refractivity contribution is 7.94. The molecule has 0 fully saturated rings. The first kappa shape index (κ1) is 22.9. The predicted molar refractivity (Wildman–Crippen MR) is 118 cm³/mol. The van der Waals surface area contributed by atoms with Crippen molar-refractivity contribution >= 4 is 50.3 Å². The van der Waals surface area contributed by atoms with Gasteiger partial charge < -0.3 is 10.1 Å². The summed E-state index contributed by atoms with van der Waals surface area (Å²) in [6.07, 6.45) is 0. The van der Waals surface area contributed by atoms with E-state index in [1.54, 1.807) is 24.4 Å². The molecule has 0 spiro atoms. The maximum absolute atomic E-state index is 12.5. The molecule has 0 aliphatic carbocycles. The number of amides is 1. The summed E-state index contributed by atoms with van der Waals surface area (Å²) < 4.78 is 32.3. The van der Waals surface area contributed by atoms with Crippen LogP contribution in [0.3, 0.4) is 0 Å². The summed E-state index contributed by atoms with van der Waals surface area (Å²) in [5.41, 5.74) is 0.368. The number of nitro benzene ring substituents is 1. The SMILES string of the molecule is Cc1ccc(NC(=O)COC(=O)c2ccccc2NS(=O)(=O)c2cccs2)cc1[N+](=O)[O-]. The van der Waals surface area contributed by atoms with Crippen molar-refractivity contribution in [3.05, 3.63) is 81.2 Å². The Balaban J connectivity index is 1.66. The van der Waals surface area contributed by atoms with Crippen molar-refractivity contribution < 1.29 is 27.7 Å². The van der Waals surface area contributed by atoms with E-state index in [-0.39, 0.29) is 26.8 Å². The van der Waals surface area contributed by atoms with Gasteiger partial charge in [-0.1, -0.05) is 24.3 Å². The maximum atomic E-state index is 12.5. The van der Waals surface area contributed by atoms with Gasteiger partial charge in [0, 0.05) is 17.3 Å². The van der Waals surface area contributed by atoms with E-state index in [1.807, 2.05) is 0 Å². The van der Waals surface area contributed by atoms with Crippen LogP contribution in [0.2, 0.25) is 0 Å². The van der Waals surface area contributed by atoms with Crippen LogP contribution in [0, 0.1) is 17.0 Å². The summed E-state index contributed by atoms with van der Waals surface area (Å²) in [5.74, 6) is -1.63. The molecule has 0 atom stereocenters. The molecule has 1 amide bonds. The lowest BCUT2D eigenvalue weighted by molar-refractivity contribution is -0.385. The second-order valence-electron chi connectivity index (χ2n) is 6.47. The third-order valence-electron chi connectivity index (χ3n) is 4.18. The van der Waals surface area contributed by atoms with Gasteiger partial charge in [-0.15, -0.1) is 11.3 Å². The fourth-order valence-corrected chi connectivity index (χ4v) is 4.72. The molecule has 0 saturated heterocycles. The summed E-state index contributed by atoms with van der Waals surface area (Å²) in [6.45, 7) is 0.891. The summed E-state index contributed by atoms with van der Waals surface area (Å²) >= 11 is 1.02. The van der Waals surface area contributed by atoms with Crippen LogP contribution in [0.4, 0.5) is 17.1 Å². The quantitative estimate of drug-likeness (QED) is 0.288. The number of benzene rings is 2. The second kappa shape index (κ2) is 9.58. The monoisotopic (exact) mass is 475 g/mol. The number of ether oxygens (including phenoxy) is 1. The maximum Gasteiger partial charge on any atom is 0.340 e. The van der Waals surface area contributed by atoms with Crippen LogP contribution in [-0.2, 0) is 19.6 Å². The average Bonchev–Trinajstić information content (AvgIpc) is 3.29. The first-order valence-corrected chi connectivity index (χ1v) is 11.4. The lowest BCUT2D eigenvalue weighted by Crippen LogP contribution is -2.22. The zero-order valence-corrected chi connectivity index (χ0v) is 18.2. The van der Waals surface area contributed by atoms with Gasteiger partial charge >= 0.3 is 5.97 Å². The van der Waals surface area contributed by atoms with Crippen molar-refractivity contribution in [1.82, 2.24) is 0 Å². The van der Waals surface area contributed by atoms with Gasteiger partial charge in [0.15, 0.2) is 6.61 Å². The number of para-hydroxylation sites is 1. The van der Waals surface area contributed by atoms with Gasteiger partial charge in [-0.3, -0.25) is 19.6 Å². The lowest BCUT2D eigenvalue weighted by Gasteiger charge is -2.12. The summed E-state index contributed by atoms with van der Waals surface area (Å²) in [7, 11) is -3.89. The highest BCUT2D eigenvalue weighted by Crippen LogP contribution is 2.24. The molecule has 0 bridgehead atoms.